The molecule has 1 rings (SSSR count). The van der Waals surface area contributed by atoms with Crippen LogP contribution in [-0.4, -0.2) is 13.3 Å². The van der Waals surface area contributed by atoms with Crippen LogP contribution < -0.4 is 0 Å². The first kappa shape index (κ1) is 16.4. The maximum atomic E-state index is 6.09. The van der Waals surface area contributed by atoms with Gasteiger partial charge in [-0.15, -0.1) is 0 Å². The van der Waals surface area contributed by atoms with Crippen LogP contribution in [0.25, 0.3) is 0 Å². The third-order valence-corrected chi connectivity index (χ3v) is 8.42. The number of hydrogen-bond donors (Lipinski definition) is 0. The minimum absolute atomic E-state index is 0.869. The van der Waals surface area contributed by atoms with Gasteiger partial charge in [-0.2, -0.15) is 0 Å². The van der Waals surface area contributed by atoms with E-state index < -0.39 is 13.3 Å². The third-order valence-electron chi connectivity index (χ3n) is 1.07. The standard InChI is InChI=1S/C4Cl8S3/c5-1(14-3(7,8)9)2(6,13-1)15-4(10,11)12. The molecule has 0 saturated carbocycles. The first-order valence-corrected chi connectivity index (χ1v) is 8.46. The quantitative estimate of drug-likeness (QED) is 0.358. The number of hydrogen-bond acceptors (Lipinski definition) is 3. The molecular weight excluding hydrogens is 428 g/mol. The van der Waals surface area contributed by atoms with Gasteiger partial charge in [0.15, 0.2) is 7.08 Å². The van der Waals surface area contributed by atoms with E-state index in [1.165, 1.54) is 0 Å². The van der Waals surface area contributed by atoms with Gasteiger partial charge in [-0.1, -0.05) is 128 Å². The second-order valence-corrected chi connectivity index (χ2v) is 15.0. The van der Waals surface area contributed by atoms with Crippen molar-refractivity contribution in [2.75, 3.05) is 0 Å². The highest BCUT2D eigenvalue weighted by molar-refractivity contribution is 8.39. The van der Waals surface area contributed by atoms with Crippen molar-refractivity contribution in [3.63, 3.8) is 0 Å². The van der Waals surface area contributed by atoms with E-state index in [1.807, 2.05) is 0 Å². The summed E-state index contributed by atoms with van der Waals surface area (Å²) in [6.07, 6.45) is 0. The molecule has 0 aliphatic carbocycles. The summed E-state index contributed by atoms with van der Waals surface area (Å²) in [7, 11) is 0. The van der Waals surface area contributed by atoms with E-state index in [0.29, 0.717) is 0 Å². The van der Waals surface area contributed by atoms with Crippen LogP contribution in [0, 0.1) is 0 Å². The van der Waals surface area contributed by atoms with Crippen LogP contribution in [0.5, 0.6) is 0 Å². The van der Waals surface area contributed by atoms with Crippen molar-refractivity contribution in [1.82, 2.24) is 0 Å². The van der Waals surface area contributed by atoms with Crippen molar-refractivity contribution < 1.29 is 0 Å². The summed E-state index contributed by atoms with van der Waals surface area (Å²) in [4.78, 5) is 0. The highest BCUT2D eigenvalue weighted by Gasteiger charge is 2.73. The molecule has 1 saturated heterocycles. The van der Waals surface area contributed by atoms with Gasteiger partial charge in [0, 0.05) is 0 Å². The summed E-state index contributed by atoms with van der Waals surface area (Å²) < 4.78 is -5.18. The van der Waals surface area contributed by atoms with Crippen molar-refractivity contribution in [2.24, 2.45) is 0 Å². The van der Waals surface area contributed by atoms with Crippen LogP contribution in [0.15, 0.2) is 0 Å². The normalized spacial score (nSPS) is 36.8. The van der Waals surface area contributed by atoms with Crippen LogP contribution in [0.4, 0.5) is 0 Å². The summed E-state index contributed by atoms with van der Waals surface area (Å²) in [6, 6.07) is 0. The van der Waals surface area contributed by atoms with Crippen LogP contribution >= 0.6 is 128 Å². The minimum Gasteiger partial charge on any atom is -0.0910 e. The van der Waals surface area contributed by atoms with Gasteiger partial charge >= 0.3 is 0 Å². The van der Waals surface area contributed by atoms with Gasteiger partial charge < -0.3 is 0 Å². The zero-order valence-electron chi connectivity index (χ0n) is 6.25. The predicted molar refractivity (Wildman–Crippen MR) is 80.5 cm³/mol. The SMILES string of the molecule is ClC(Cl)(Cl)SC1(Cl)SC1(Cl)SC(Cl)(Cl)Cl. The third kappa shape index (κ3) is 5.10. The summed E-state index contributed by atoms with van der Waals surface area (Å²) in [5, 5.41) is 0. The lowest BCUT2D eigenvalue weighted by atomic mass is 10.9. The molecule has 1 aliphatic heterocycles. The molecule has 0 aromatic carbocycles. The Morgan fingerprint density at radius 1 is 0.733 bits per heavy atom. The Bertz CT molecular complexity index is 234. The fourth-order valence-corrected chi connectivity index (χ4v) is 9.85. The predicted octanol–water partition coefficient (Wildman–Crippen LogP) is 6.64. The van der Waals surface area contributed by atoms with E-state index in [2.05, 4.69) is 0 Å². The fraction of sp³-hybridized carbons (Fsp3) is 1.00. The van der Waals surface area contributed by atoms with Crippen molar-refractivity contribution >= 4 is 128 Å². The van der Waals surface area contributed by atoms with Crippen molar-refractivity contribution in [3.05, 3.63) is 0 Å². The average molecular weight is 428 g/mol. The number of alkyl halides is 8. The molecule has 2 unspecified atom stereocenters. The Labute approximate surface area is 140 Å². The number of thioether (sulfide) groups is 3. The van der Waals surface area contributed by atoms with Crippen molar-refractivity contribution in [2.45, 2.75) is 13.3 Å². The molecule has 0 bridgehead atoms. The lowest BCUT2D eigenvalue weighted by Gasteiger charge is -2.19. The summed E-state index contributed by atoms with van der Waals surface area (Å²) >= 11 is 48.6. The number of halogens is 8. The lowest BCUT2D eigenvalue weighted by Crippen LogP contribution is -2.15. The first-order valence-electron chi connectivity index (χ1n) is 2.99. The molecule has 0 aromatic rings. The second-order valence-electron chi connectivity index (χ2n) is 2.27. The molecule has 90 valence electrons. The molecule has 1 fully saturated rings. The molecule has 0 N–H and O–H groups in total. The summed E-state index contributed by atoms with van der Waals surface area (Å²) in [5.74, 6) is 0. The van der Waals surface area contributed by atoms with Crippen molar-refractivity contribution in [3.8, 4) is 0 Å². The topological polar surface area (TPSA) is 0 Å². The van der Waals surface area contributed by atoms with E-state index in [-0.39, 0.29) is 0 Å². The Hall–Kier alpha value is 3.37. The van der Waals surface area contributed by atoms with Gasteiger partial charge in [0.05, 0.1) is 0 Å². The van der Waals surface area contributed by atoms with E-state index in [9.17, 15) is 0 Å². The van der Waals surface area contributed by atoms with Crippen LogP contribution in [0.1, 0.15) is 0 Å². The van der Waals surface area contributed by atoms with Crippen LogP contribution in [-0.2, 0) is 0 Å². The molecule has 0 aromatic heterocycles. The Balaban J connectivity index is 2.63. The zero-order valence-corrected chi connectivity index (χ0v) is 14.7. The number of rotatable bonds is 2. The molecule has 0 nitrogen and oxygen atoms in total. The smallest absolute Gasteiger partial charge is 0.0910 e. The van der Waals surface area contributed by atoms with Gasteiger partial charge in [0.1, 0.15) is 0 Å². The fourth-order valence-electron chi connectivity index (χ4n) is 0.605. The highest BCUT2D eigenvalue weighted by Crippen LogP contribution is 2.83. The van der Waals surface area contributed by atoms with E-state index in [1.54, 1.807) is 0 Å². The van der Waals surface area contributed by atoms with Gasteiger partial charge in [-0.25, -0.2) is 0 Å². The van der Waals surface area contributed by atoms with Crippen molar-refractivity contribution in [1.29, 1.82) is 0 Å². The van der Waals surface area contributed by atoms with Gasteiger partial charge in [0.25, 0.3) is 0 Å². The maximum Gasteiger partial charge on any atom is 0.240 e. The van der Waals surface area contributed by atoms with E-state index >= 15 is 0 Å². The van der Waals surface area contributed by atoms with Crippen LogP contribution in [0.3, 0.4) is 0 Å². The Kier molecular flexibility index (Phi) is 5.53. The van der Waals surface area contributed by atoms with Gasteiger partial charge in [-0.3, -0.25) is 0 Å². The molecular formula is C4Cl8S3. The van der Waals surface area contributed by atoms with E-state index in [0.717, 1.165) is 35.3 Å². The van der Waals surface area contributed by atoms with Gasteiger partial charge in [0.2, 0.25) is 6.25 Å². The largest absolute Gasteiger partial charge is 0.240 e. The monoisotopic (exact) mass is 424 g/mol. The minimum atomic E-state index is -1.57. The zero-order chi connectivity index (χ0) is 12.1. The lowest BCUT2D eigenvalue weighted by molar-refractivity contribution is 1.31. The Morgan fingerprint density at radius 2 is 1.00 bits per heavy atom. The second kappa shape index (κ2) is 5.05. The molecule has 0 spiro atoms. The molecule has 0 radical (unpaired) electrons. The molecule has 1 aliphatic rings. The molecule has 0 amide bonds. The first-order chi connectivity index (χ1) is 6.37. The maximum absolute atomic E-state index is 6.09. The molecule has 2 atom stereocenters. The van der Waals surface area contributed by atoms with Crippen LogP contribution in [0.2, 0.25) is 0 Å². The average Bonchev–Trinajstić information content (AvgIpc) is 2.19. The van der Waals surface area contributed by atoms with Gasteiger partial charge in [-0.05, 0) is 0 Å². The summed E-state index contributed by atoms with van der Waals surface area (Å²) in [6.45, 7) is 0. The van der Waals surface area contributed by atoms with E-state index in [4.69, 9.17) is 92.8 Å². The summed E-state index contributed by atoms with van der Waals surface area (Å²) in [5.41, 5.74) is 0. The molecule has 1 heterocycles. The Morgan fingerprint density at radius 3 is 1.20 bits per heavy atom. The molecule has 11 heteroatoms. The molecule has 15 heavy (non-hydrogen) atoms. The highest BCUT2D eigenvalue weighted by atomic mass is 35.6.